The van der Waals surface area contributed by atoms with Crippen LogP contribution < -0.4 is 9.47 Å². The third-order valence-electron chi connectivity index (χ3n) is 4.08. The second kappa shape index (κ2) is 8.91. The first kappa shape index (κ1) is 21.2. The van der Waals surface area contributed by atoms with E-state index in [1.54, 1.807) is 6.92 Å². The highest BCUT2D eigenvalue weighted by molar-refractivity contribution is 9.10. The molecule has 3 aromatic rings. The number of halogens is 1. The summed E-state index contributed by atoms with van der Waals surface area (Å²) in [6.45, 7) is 1.58. The van der Waals surface area contributed by atoms with E-state index in [9.17, 15) is 14.9 Å². The van der Waals surface area contributed by atoms with E-state index < -0.39 is 17.0 Å². The van der Waals surface area contributed by atoms with Crippen molar-refractivity contribution in [2.24, 2.45) is 0 Å². The average Bonchev–Trinajstić information content (AvgIpc) is 3.24. The molecule has 10 nitrogen and oxygen atoms in total. The summed E-state index contributed by atoms with van der Waals surface area (Å²) in [5.41, 5.74) is 0.662. The maximum Gasteiger partial charge on any atom is 0.339 e. The molecule has 1 atom stereocenters. The molecule has 0 aliphatic carbocycles. The number of ether oxygens (including phenoxy) is 3. The number of esters is 1. The van der Waals surface area contributed by atoms with Crippen molar-refractivity contribution in [2.45, 2.75) is 13.0 Å². The second-order valence-electron chi connectivity index (χ2n) is 5.99. The predicted octanol–water partition coefficient (Wildman–Crippen LogP) is 4.34. The van der Waals surface area contributed by atoms with Crippen molar-refractivity contribution in [2.75, 3.05) is 14.2 Å². The fourth-order valence-corrected chi connectivity index (χ4v) is 3.06. The number of hydrogen-bond donors (Lipinski definition) is 0. The van der Waals surface area contributed by atoms with Gasteiger partial charge in [-0.25, -0.2) is 4.79 Å². The number of nitro benzene ring substituents is 1. The van der Waals surface area contributed by atoms with Gasteiger partial charge in [0.25, 0.3) is 11.6 Å². The summed E-state index contributed by atoms with van der Waals surface area (Å²) < 4.78 is 22.0. The third-order valence-corrected chi connectivity index (χ3v) is 4.86. The summed E-state index contributed by atoms with van der Waals surface area (Å²) in [5, 5.41) is 18.5. The predicted molar refractivity (Wildman–Crippen MR) is 107 cm³/mol. The lowest BCUT2D eigenvalue weighted by Crippen LogP contribution is -2.10. The molecule has 11 heteroatoms. The topological polar surface area (TPSA) is 127 Å². The highest BCUT2D eigenvalue weighted by Gasteiger charge is 2.22. The fourth-order valence-electron chi connectivity index (χ4n) is 2.51. The Labute approximate surface area is 179 Å². The van der Waals surface area contributed by atoms with Crippen molar-refractivity contribution in [3.63, 3.8) is 0 Å². The molecule has 156 valence electrons. The summed E-state index contributed by atoms with van der Waals surface area (Å²) >= 11 is 3.34. The quantitative estimate of drug-likeness (QED) is 0.277. The molecule has 0 aliphatic heterocycles. The number of aromatic nitrogens is 2. The summed E-state index contributed by atoms with van der Waals surface area (Å²) in [6.07, 6.45) is -0.836. The highest BCUT2D eigenvalue weighted by atomic mass is 79.9. The minimum Gasteiger partial charge on any atom is -0.495 e. The molecule has 3 rings (SSSR count). The Morgan fingerprint density at radius 3 is 2.27 bits per heavy atom. The van der Waals surface area contributed by atoms with E-state index in [1.165, 1.54) is 50.6 Å². The zero-order valence-electron chi connectivity index (χ0n) is 16.1. The molecule has 1 unspecified atom stereocenters. The number of nitrogens with zero attached hydrogens (tertiary/aromatic N) is 3. The van der Waals surface area contributed by atoms with E-state index in [-0.39, 0.29) is 23.0 Å². The van der Waals surface area contributed by atoms with Gasteiger partial charge < -0.3 is 18.6 Å². The van der Waals surface area contributed by atoms with Crippen molar-refractivity contribution in [1.82, 2.24) is 10.2 Å². The lowest BCUT2D eigenvalue weighted by Gasteiger charge is -2.13. The van der Waals surface area contributed by atoms with Crippen molar-refractivity contribution < 1.29 is 28.3 Å². The maximum atomic E-state index is 12.6. The zero-order valence-corrected chi connectivity index (χ0v) is 17.7. The van der Waals surface area contributed by atoms with Crippen LogP contribution in [-0.2, 0) is 4.74 Å². The molecule has 0 spiro atoms. The Kier molecular flexibility index (Phi) is 6.31. The minimum atomic E-state index is -0.836. The van der Waals surface area contributed by atoms with E-state index in [2.05, 4.69) is 26.1 Å². The Bertz CT molecular complexity index is 1060. The summed E-state index contributed by atoms with van der Waals surface area (Å²) in [4.78, 5) is 22.8. The molecular weight excluding hydrogens is 462 g/mol. The average molecular weight is 478 g/mol. The number of rotatable bonds is 7. The lowest BCUT2D eigenvalue weighted by atomic mass is 10.2. The van der Waals surface area contributed by atoms with Gasteiger partial charge in [0, 0.05) is 17.7 Å². The Morgan fingerprint density at radius 1 is 1.13 bits per heavy atom. The van der Waals surface area contributed by atoms with Gasteiger partial charge in [-0.05, 0) is 47.1 Å². The van der Waals surface area contributed by atoms with E-state index in [0.717, 1.165) is 0 Å². The smallest absolute Gasteiger partial charge is 0.339 e. The van der Waals surface area contributed by atoms with Crippen molar-refractivity contribution in [3.05, 3.63) is 62.4 Å². The first-order valence-electron chi connectivity index (χ1n) is 8.54. The molecule has 0 fully saturated rings. The van der Waals surface area contributed by atoms with Crippen LogP contribution in [0.15, 0.2) is 45.3 Å². The molecule has 0 saturated heterocycles. The second-order valence-corrected chi connectivity index (χ2v) is 6.78. The van der Waals surface area contributed by atoms with Crippen LogP contribution in [0.5, 0.6) is 11.5 Å². The van der Waals surface area contributed by atoms with Gasteiger partial charge >= 0.3 is 5.97 Å². The molecule has 1 aromatic heterocycles. The standard InChI is InChI=1S/C19H16BrN3O7/c1-10(29-19(24)12-8-14(27-2)16(20)15(9-12)28-3)17-21-22-18(30-17)11-4-6-13(7-5-11)23(25)26/h4-10H,1-3H3. The normalized spacial score (nSPS) is 11.6. The van der Waals surface area contributed by atoms with Crippen LogP contribution in [0.2, 0.25) is 0 Å². The van der Waals surface area contributed by atoms with E-state index >= 15 is 0 Å². The molecule has 0 aliphatic rings. The Balaban J connectivity index is 1.76. The number of nitro groups is 1. The number of non-ortho nitro benzene ring substituents is 1. The minimum absolute atomic E-state index is 0.0545. The van der Waals surface area contributed by atoms with Crippen LogP contribution in [0.1, 0.15) is 29.3 Å². The van der Waals surface area contributed by atoms with E-state index in [4.69, 9.17) is 18.6 Å². The van der Waals surface area contributed by atoms with Crippen LogP contribution in [-0.4, -0.2) is 35.3 Å². The van der Waals surface area contributed by atoms with Crippen LogP contribution in [0, 0.1) is 10.1 Å². The Hall–Kier alpha value is -3.47. The SMILES string of the molecule is COc1cc(C(=O)OC(C)c2nnc(-c3ccc([N+](=O)[O-])cc3)o2)cc(OC)c1Br. The van der Waals surface area contributed by atoms with Gasteiger partial charge in [0.15, 0.2) is 6.10 Å². The largest absolute Gasteiger partial charge is 0.495 e. The number of methoxy groups -OCH3 is 2. The molecular formula is C19H16BrN3O7. The van der Waals surface area contributed by atoms with Crippen molar-refractivity contribution >= 4 is 27.6 Å². The molecule has 2 aromatic carbocycles. The van der Waals surface area contributed by atoms with Gasteiger partial charge in [0.1, 0.15) is 16.0 Å². The molecule has 30 heavy (non-hydrogen) atoms. The number of carbonyl (C=O) groups excluding carboxylic acids is 1. The number of benzene rings is 2. The molecule has 0 amide bonds. The zero-order chi connectivity index (χ0) is 21.8. The van der Waals surface area contributed by atoms with Gasteiger partial charge in [-0.2, -0.15) is 0 Å². The van der Waals surface area contributed by atoms with Gasteiger partial charge in [-0.3, -0.25) is 10.1 Å². The van der Waals surface area contributed by atoms with Crippen molar-refractivity contribution in [1.29, 1.82) is 0 Å². The first-order valence-corrected chi connectivity index (χ1v) is 9.34. The van der Waals surface area contributed by atoms with E-state index in [1.807, 2.05) is 0 Å². The highest BCUT2D eigenvalue weighted by Crippen LogP contribution is 2.36. The van der Waals surface area contributed by atoms with Crippen LogP contribution in [0.3, 0.4) is 0 Å². The van der Waals surface area contributed by atoms with E-state index in [0.29, 0.717) is 21.5 Å². The number of hydrogen-bond acceptors (Lipinski definition) is 9. The first-order chi connectivity index (χ1) is 14.3. The van der Waals surface area contributed by atoms with Crippen LogP contribution >= 0.6 is 15.9 Å². The monoisotopic (exact) mass is 477 g/mol. The Morgan fingerprint density at radius 2 is 1.73 bits per heavy atom. The molecule has 0 N–H and O–H groups in total. The maximum absolute atomic E-state index is 12.6. The van der Waals surface area contributed by atoms with Gasteiger partial charge in [0.2, 0.25) is 5.89 Å². The fraction of sp³-hybridized carbons (Fsp3) is 0.211. The number of carbonyl (C=O) groups is 1. The summed E-state index contributed by atoms with van der Waals surface area (Å²) in [6, 6.07) is 8.67. The molecule has 1 heterocycles. The van der Waals surface area contributed by atoms with Crippen molar-refractivity contribution in [3.8, 4) is 23.0 Å². The molecule has 0 bridgehead atoms. The third kappa shape index (κ3) is 4.40. The molecule has 0 radical (unpaired) electrons. The summed E-state index contributed by atoms with van der Waals surface area (Å²) in [7, 11) is 2.94. The van der Waals surface area contributed by atoms with Crippen LogP contribution in [0.25, 0.3) is 11.5 Å². The summed E-state index contributed by atoms with van der Waals surface area (Å²) in [5.74, 6) is 0.406. The van der Waals surface area contributed by atoms with Gasteiger partial charge in [0.05, 0.1) is 24.7 Å². The van der Waals surface area contributed by atoms with Crippen LogP contribution in [0.4, 0.5) is 5.69 Å². The lowest BCUT2D eigenvalue weighted by molar-refractivity contribution is -0.384. The van der Waals surface area contributed by atoms with Gasteiger partial charge in [-0.1, -0.05) is 0 Å². The van der Waals surface area contributed by atoms with Gasteiger partial charge in [-0.15, -0.1) is 10.2 Å². The molecule has 0 saturated carbocycles.